The molecule has 104 valence electrons. The van der Waals surface area contributed by atoms with E-state index in [1.165, 1.54) is 12.1 Å². The summed E-state index contributed by atoms with van der Waals surface area (Å²) in [6, 6.07) is 8.33. The molecule has 20 heavy (non-hydrogen) atoms. The van der Waals surface area contributed by atoms with Crippen molar-refractivity contribution in [3.05, 3.63) is 50.5 Å². The van der Waals surface area contributed by atoms with E-state index in [2.05, 4.69) is 26.2 Å². The predicted molar refractivity (Wildman–Crippen MR) is 79.4 cm³/mol. The monoisotopic (exact) mass is 337 g/mol. The average molecular weight is 338 g/mol. The first-order chi connectivity index (χ1) is 9.51. The largest absolute Gasteiger partial charge is 0.432 e. The fraction of sp³-hybridized carbons (Fsp3) is 0.154. The topological polar surface area (TPSA) is 77.3 Å². The summed E-state index contributed by atoms with van der Waals surface area (Å²) in [7, 11) is 1.68. The molecule has 1 N–H and O–H groups in total. The summed E-state index contributed by atoms with van der Waals surface area (Å²) in [6.07, 6.45) is 0. The number of aryl methyl sites for hydroxylation is 1. The van der Waals surface area contributed by atoms with Gasteiger partial charge in [-0.15, -0.1) is 0 Å². The molecule has 1 aromatic heterocycles. The highest BCUT2D eigenvalue weighted by Crippen LogP contribution is 2.34. The molecule has 0 saturated carbocycles. The Morgan fingerprint density at radius 3 is 2.70 bits per heavy atom. The lowest BCUT2D eigenvalue weighted by Gasteiger charge is -2.09. The van der Waals surface area contributed by atoms with Gasteiger partial charge in [0.2, 0.25) is 0 Å². The fourth-order valence-corrected chi connectivity index (χ4v) is 2.15. The summed E-state index contributed by atoms with van der Waals surface area (Å²) >= 11 is 3.36. The number of rotatable bonds is 4. The molecular formula is C13H12BrN3O3. The number of benzene rings is 1. The first-order valence-corrected chi connectivity index (χ1v) is 6.57. The van der Waals surface area contributed by atoms with Crippen LogP contribution in [-0.2, 0) is 0 Å². The molecule has 2 aromatic rings. The molecule has 1 aromatic carbocycles. The number of pyridine rings is 1. The zero-order chi connectivity index (χ0) is 14.7. The van der Waals surface area contributed by atoms with Gasteiger partial charge in [-0.05, 0) is 46.6 Å². The number of ether oxygens (including phenoxy) is 1. The molecule has 0 amide bonds. The van der Waals surface area contributed by atoms with E-state index in [1.807, 2.05) is 19.1 Å². The zero-order valence-electron chi connectivity index (χ0n) is 10.9. The van der Waals surface area contributed by atoms with Gasteiger partial charge >= 0.3 is 11.6 Å². The molecule has 2 rings (SSSR count). The molecule has 0 unspecified atom stereocenters. The molecule has 0 aliphatic rings. The molecule has 0 radical (unpaired) electrons. The number of hydrogen-bond acceptors (Lipinski definition) is 5. The van der Waals surface area contributed by atoms with E-state index < -0.39 is 4.92 Å². The number of aromatic nitrogens is 1. The molecule has 0 saturated heterocycles. The van der Waals surface area contributed by atoms with Gasteiger partial charge in [0.05, 0.1) is 9.40 Å². The number of nitrogens with zero attached hydrogens (tertiary/aromatic N) is 2. The van der Waals surface area contributed by atoms with Crippen molar-refractivity contribution < 1.29 is 9.66 Å². The molecule has 0 fully saturated rings. The van der Waals surface area contributed by atoms with Crippen LogP contribution < -0.4 is 10.1 Å². The van der Waals surface area contributed by atoms with Crippen molar-refractivity contribution in [2.45, 2.75) is 6.92 Å². The maximum atomic E-state index is 11.0. The predicted octanol–water partition coefficient (Wildman–Crippen LogP) is 3.89. The highest BCUT2D eigenvalue weighted by atomic mass is 79.9. The van der Waals surface area contributed by atoms with E-state index in [9.17, 15) is 10.1 Å². The first kappa shape index (κ1) is 14.3. The minimum absolute atomic E-state index is 0.0496. The van der Waals surface area contributed by atoms with E-state index in [0.717, 1.165) is 5.56 Å². The third kappa shape index (κ3) is 3.05. The van der Waals surface area contributed by atoms with Gasteiger partial charge in [-0.25, -0.2) is 0 Å². The van der Waals surface area contributed by atoms with Gasteiger partial charge in [-0.3, -0.25) is 10.1 Å². The van der Waals surface area contributed by atoms with Crippen LogP contribution in [0.25, 0.3) is 0 Å². The Hall–Kier alpha value is -2.15. The van der Waals surface area contributed by atoms with Gasteiger partial charge in [-0.2, -0.15) is 4.98 Å². The van der Waals surface area contributed by atoms with Crippen molar-refractivity contribution in [3.63, 3.8) is 0 Å². The van der Waals surface area contributed by atoms with Crippen LogP contribution in [0.3, 0.4) is 0 Å². The molecular weight excluding hydrogens is 326 g/mol. The van der Waals surface area contributed by atoms with E-state index in [1.54, 1.807) is 13.1 Å². The van der Waals surface area contributed by atoms with E-state index in [0.29, 0.717) is 16.0 Å². The molecule has 1 heterocycles. The lowest BCUT2D eigenvalue weighted by molar-refractivity contribution is -0.386. The van der Waals surface area contributed by atoms with Crippen LogP contribution in [0.5, 0.6) is 11.6 Å². The number of hydrogen-bond donors (Lipinski definition) is 1. The molecule has 0 spiro atoms. The van der Waals surface area contributed by atoms with Crippen molar-refractivity contribution in [1.29, 1.82) is 0 Å². The van der Waals surface area contributed by atoms with Crippen molar-refractivity contribution in [3.8, 4) is 11.6 Å². The van der Waals surface area contributed by atoms with E-state index >= 15 is 0 Å². The normalized spacial score (nSPS) is 10.2. The number of halogens is 1. The van der Waals surface area contributed by atoms with Gasteiger partial charge in [0.15, 0.2) is 0 Å². The van der Waals surface area contributed by atoms with Crippen LogP contribution in [0.15, 0.2) is 34.8 Å². The Morgan fingerprint density at radius 1 is 1.35 bits per heavy atom. The summed E-state index contributed by atoms with van der Waals surface area (Å²) in [5.74, 6) is 0.916. The summed E-state index contributed by atoms with van der Waals surface area (Å²) in [4.78, 5) is 14.6. The van der Waals surface area contributed by atoms with Gasteiger partial charge in [0.1, 0.15) is 11.6 Å². The Bertz CT molecular complexity index is 661. The number of nitrogens with one attached hydrogen (secondary N) is 1. The lowest BCUT2D eigenvalue weighted by atomic mass is 10.2. The van der Waals surface area contributed by atoms with Crippen molar-refractivity contribution in [2.75, 3.05) is 12.4 Å². The van der Waals surface area contributed by atoms with Crippen LogP contribution in [0.2, 0.25) is 0 Å². The molecule has 0 bridgehead atoms. The van der Waals surface area contributed by atoms with E-state index in [-0.39, 0.29) is 11.6 Å². The van der Waals surface area contributed by atoms with Crippen LogP contribution in [-0.4, -0.2) is 17.0 Å². The summed E-state index contributed by atoms with van der Waals surface area (Å²) < 4.78 is 6.27. The maximum absolute atomic E-state index is 11.0. The summed E-state index contributed by atoms with van der Waals surface area (Å²) in [5, 5.41) is 13.8. The van der Waals surface area contributed by atoms with Crippen molar-refractivity contribution in [1.82, 2.24) is 4.98 Å². The van der Waals surface area contributed by atoms with Crippen LogP contribution in [0, 0.1) is 17.0 Å². The van der Waals surface area contributed by atoms with Crippen molar-refractivity contribution in [2.24, 2.45) is 0 Å². The highest BCUT2D eigenvalue weighted by Gasteiger charge is 2.19. The Kier molecular flexibility index (Phi) is 4.19. The highest BCUT2D eigenvalue weighted by molar-refractivity contribution is 9.10. The third-order valence-corrected chi connectivity index (χ3v) is 3.21. The van der Waals surface area contributed by atoms with Gasteiger partial charge in [-0.1, -0.05) is 6.07 Å². The van der Waals surface area contributed by atoms with Crippen LogP contribution in [0.4, 0.5) is 11.5 Å². The summed E-state index contributed by atoms with van der Waals surface area (Å²) in [6.45, 7) is 1.94. The SMILES string of the molecule is CNc1ccc([N+](=O)[O-])c(Oc2ccc(C)cc2Br)n1. The second-order valence-corrected chi connectivity index (χ2v) is 4.92. The van der Waals surface area contributed by atoms with Gasteiger partial charge in [0.25, 0.3) is 0 Å². The molecule has 6 nitrogen and oxygen atoms in total. The standard InChI is InChI=1S/C13H12BrN3O3/c1-8-3-5-11(9(14)7-8)20-13-10(17(18)19)4-6-12(15-2)16-13/h3-7H,1-2H3,(H,15,16). The summed E-state index contributed by atoms with van der Waals surface area (Å²) in [5.41, 5.74) is 0.868. The van der Waals surface area contributed by atoms with Crippen LogP contribution >= 0.6 is 15.9 Å². The first-order valence-electron chi connectivity index (χ1n) is 5.78. The second kappa shape index (κ2) is 5.87. The minimum atomic E-state index is -0.524. The van der Waals surface area contributed by atoms with Crippen molar-refractivity contribution >= 4 is 27.4 Å². The lowest BCUT2D eigenvalue weighted by Crippen LogP contribution is -1.99. The maximum Gasteiger partial charge on any atom is 0.331 e. The minimum Gasteiger partial charge on any atom is -0.432 e. The smallest absolute Gasteiger partial charge is 0.331 e. The number of nitro groups is 1. The fourth-order valence-electron chi connectivity index (χ4n) is 1.58. The third-order valence-electron chi connectivity index (χ3n) is 2.59. The zero-order valence-corrected chi connectivity index (χ0v) is 12.5. The number of anilines is 1. The van der Waals surface area contributed by atoms with Gasteiger partial charge in [0, 0.05) is 13.1 Å². The second-order valence-electron chi connectivity index (χ2n) is 4.06. The Labute approximate surface area is 124 Å². The molecule has 7 heteroatoms. The quantitative estimate of drug-likeness (QED) is 0.676. The van der Waals surface area contributed by atoms with E-state index in [4.69, 9.17) is 4.74 Å². The Morgan fingerprint density at radius 2 is 2.10 bits per heavy atom. The average Bonchev–Trinajstić information content (AvgIpc) is 2.41. The molecule has 0 aliphatic heterocycles. The molecule has 0 atom stereocenters. The molecule has 0 aliphatic carbocycles. The van der Waals surface area contributed by atoms with Gasteiger partial charge < -0.3 is 10.1 Å². The Balaban J connectivity index is 2.43. The van der Waals surface area contributed by atoms with Crippen LogP contribution in [0.1, 0.15) is 5.56 Å².